The molecule has 2 N–H and O–H groups in total. The van der Waals surface area contributed by atoms with E-state index in [0.717, 1.165) is 45.2 Å². The van der Waals surface area contributed by atoms with Gasteiger partial charge >= 0.3 is 0 Å². The van der Waals surface area contributed by atoms with Gasteiger partial charge in [0.25, 0.3) is 0 Å². The Hall–Kier alpha value is -1.88. The third kappa shape index (κ3) is 4.18. The molecule has 3 aliphatic rings. The molecule has 2 heterocycles. The molecule has 0 radical (unpaired) electrons. The molecule has 1 saturated carbocycles. The first-order valence-electron chi connectivity index (χ1n) is 10.4. The molecule has 0 spiro atoms. The largest absolute Gasteiger partial charge is 0.350 e. The molecule has 0 aromatic heterocycles. The van der Waals surface area contributed by atoms with E-state index in [2.05, 4.69) is 41.8 Å². The molecule has 0 unspecified atom stereocenters. The lowest BCUT2D eigenvalue weighted by molar-refractivity contribution is -0.136. The maximum absolute atomic E-state index is 12.9. The third-order valence-corrected chi connectivity index (χ3v) is 6.52. The van der Waals surface area contributed by atoms with Crippen molar-refractivity contribution in [2.45, 2.75) is 51.0 Å². The van der Waals surface area contributed by atoms with Crippen molar-refractivity contribution in [2.24, 2.45) is 11.8 Å². The summed E-state index contributed by atoms with van der Waals surface area (Å²) < 4.78 is 0. The quantitative estimate of drug-likeness (QED) is 0.835. The van der Waals surface area contributed by atoms with Crippen LogP contribution in [0.3, 0.4) is 0 Å². The summed E-state index contributed by atoms with van der Waals surface area (Å²) in [7, 11) is 0. The minimum absolute atomic E-state index is 0.0564. The van der Waals surface area contributed by atoms with E-state index in [1.807, 2.05) is 4.90 Å². The van der Waals surface area contributed by atoms with Crippen LogP contribution in [0.25, 0.3) is 0 Å². The molecule has 27 heavy (non-hydrogen) atoms. The molecule has 3 fully saturated rings. The number of likely N-dealkylation sites (tertiary alicyclic amines) is 1. The van der Waals surface area contributed by atoms with Crippen LogP contribution in [-0.4, -0.2) is 48.4 Å². The van der Waals surface area contributed by atoms with E-state index in [9.17, 15) is 9.59 Å². The fourth-order valence-corrected chi connectivity index (χ4v) is 4.56. The van der Waals surface area contributed by atoms with Crippen LogP contribution >= 0.6 is 0 Å². The average Bonchev–Trinajstić information content (AvgIpc) is 3.20. The number of aryl methyl sites for hydroxylation is 1. The number of rotatable bonds is 5. The predicted molar refractivity (Wildman–Crippen MR) is 105 cm³/mol. The topological polar surface area (TPSA) is 61.4 Å². The molecular formula is C22H31N3O2. The third-order valence-electron chi connectivity index (χ3n) is 6.52. The minimum atomic E-state index is -0.107. The first-order valence-corrected chi connectivity index (χ1v) is 10.4. The van der Waals surface area contributed by atoms with Crippen LogP contribution in [0.15, 0.2) is 24.3 Å². The summed E-state index contributed by atoms with van der Waals surface area (Å²) in [6.07, 6.45) is 5.89. The van der Waals surface area contributed by atoms with E-state index in [1.165, 1.54) is 11.1 Å². The summed E-state index contributed by atoms with van der Waals surface area (Å²) in [5.74, 6) is 0.190. The molecule has 4 rings (SSSR count). The lowest BCUT2D eigenvalue weighted by Gasteiger charge is -2.32. The molecule has 5 nitrogen and oxygen atoms in total. The van der Waals surface area contributed by atoms with Gasteiger partial charge in [0.15, 0.2) is 0 Å². The molecule has 146 valence electrons. The zero-order valence-electron chi connectivity index (χ0n) is 16.3. The fraction of sp³-hybridized carbons (Fsp3) is 0.636. The predicted octanol–water partition coefficient (Wildman–Crippen LogP) is 2.03. The van der Waals surface area contributed by atoms with Gasteiger partial charge in [0.2, 0.25) is 11.8 Å². The molecule has 1 aliphatic carbocycles. The van der Waals surface area contributed by atoms with Gasteiger partial charge in [0.1, 0.15) is 0 Å². The Bertz CT molecular complexity index is 707. The second-order valence-electron chi connectivity index (χ2n) is 8.69. The highest BCUT2D eigenvalue weighted by Gasteiger charge is 2.45. The van der Waals surface area contributed by atoms with Crippen LogP contribution in [-0.2, 0) is 16.0 Å². The lowest BCUT2D eigenvalue weighted by Crippen LogP contribution is -2.51. The molecular weight excluding hydrogens is 338 g/mol. The SMILES string of the molecule is Cc1ccccc1CC1(NC(=O)[C@@H]2CNC[C@@H](C(=O)N3CCCC3)C2)CC1. The Morgan fingerprint density at radius 2 is 1.85 bits per heavy atom. The second-order valence-corrected chi connectivity index (χ2v) is 8.69. The van der Waals surface area contributed by atoms with Gasteiger partial charge < -0.3 is 15.5 Å². The van der Waals surface area contributed by atoms with E-state index in [1.54, 1.807) is 0 Å². The Morgan fingerprint density at radius 1 is 1.15 bits per heavy atom. The highest BCUT2D eigenvalue weighted by atomic mass is 16.2. The summed E-state index contributed by atoms with van der Waals surface area (Å²) >= 11 is 0. The summed E-state index contributed by atoms with van der Waals surface area (Å²) in [6, 6.07) is 8.42. The van der Waals surface area contributed by atoms with Gasteiger partial charge in [0.05, 0.1) is 11.8 Å². The van der Waals surface area contributed by atoms with Crippen molar-refractivity contribution in [3.8, 4) is 0 Å². The van der Waals surface area contributed by atoms with Crippen LogP contribution < -0.4 is 10.6 Å². The van der Waals surface area contributed by atoms with Crippen LogP contribution in [0, 0.1) is 18.8 Å². The normalized spacial score (nSPS) is 26.6. The van der Waals surface area contributed by atoms with Gasteiger partial charge in [-0.2, -0.15) is 0 Å². The molecule has 1 aromatic rings. The highest BCUT2D eigenvalue weighted by molar-refractivity contribution is 5.83. The van der Waals surface area contributed by atoms with Crippen molar-refractivity contribution >= 4 is 11.8 Å². The van der Waals surface area contributed by atoms with Gasteiger partial charge in [-0.05, 0) is 56.6 Å². The number of piperidine rings is 1. The molecule has 2 atom stereocenters. The smallest absolute Gasteiger partial charge is 0.226 e. The average molecular weight is 370 g/mol. The lowest BCUT2D eigenvalue weighted by atomic mass is 9.88. The number of carbonyl (C=O) groups is 2. The van der Waals surface area contributed by atoms with E-state index >= 15 is 0 Å². The van der Waals surface area contributed by atoms with Crippen LogP contribution in [0.2, 0.25) is 0 Å². The zero-order chi connectivity index (χ0) is 18.9. The van der Waals surface area contributed by atoms with Crippen molar-refractivity contribution in [3.63, 3.8) is 0 Å². The Labute approximate surface area is 161 Å². The fourth-order valence-electron chi connectivity index (χ4n) is 4.56. The van der Waals surface area contributed by atoms with Crippen molar-refractivity contribution in [1.82, 2.24) is 15.5 Å². The number of amides is 2. The standard InChI is InChI=1S/C22H31N3O2/c1-16-6-2-3-7-17(16)13-22(8-9-22)24-20(26)18-12-19(15-23-14-18)21(27)25-10-4-5-11-25/h2-3,6-7,18-19,23H,4-5,8-15H2,1H3,(H,24,26)/t18-,19-/m0/s1. The van der Waals surface area contributed by atoms with E-state index in [4.69, 9.17) is 0 Å². The zero-order valence-corrected chi connectivity index (χ0v) is 16.3. The summed E-state index contributed by atoms with van der Waals surface area (Å²) in [5.41, 5.74) is 2.53. The number of hydrogen-bond donors (Lipinski definition) is 2. The molecule has 2 saturated heterocycles. The molecule has 2 aliphatic heterocycles. The van der Waals surface area contributed by atoms with Crippen molar-refractivity contribution in [1.29, 1.82) is 0 Å². The number of nitrogens with one attached hydrogen (secondary N) is 2. The number of benzene rings is 1. The van der Waals surface area contributed by atoms with E-state index in [-0.39, 0.29) is 29.2 Å². The Balaban J connectivity index is 1.35. The Kier molecular flexibility index (Phi) is 5.22. The maximum Gasteiger partial charge on any atom is 0.226 e. The highest BCUT2D eigenvalue weighted by Crippen LogP contribution is 2.39. The number of nitrogens with zero attached hydrogens (tertiary/aromatic N) is 1. The van der Waals surface area contributed by atoms with Crippen LogP contribution in [0.4, 0.5) is 0 Å². The molecule has 1 aromatic carbocycles. The van der Waals surface area contributed by atoms with Gasteiger partial charge in [-0.15, -0.1) is 0 Å². The first-order chi connectivity index (χ1) is 13.1. The second kappa shape index (κ2) is 7.63. The Morgan fingerprint density at radius 3 is 2.56 bits per heavy atom. The molecule has 2 amide bonds. The van der Waals surface area contributed by atoms with Gasteiger partial charge in [-0.3, -0.25) is 9.59 Å². The van der Waals surface area contributed by atoms with Gasteiger partial charge in [-0.1, -0.05) is 24.3 Å². The first kappa shape index (κ1) is 18.5. The summed E-state index contributed by atoms with van der Waals surface area (Å²) in [5, 5.41) is 6.66. The van der Waals surface area contributed by atoms with Crippen LogP contribution in [0.1, 0.15) is 43.2 Å². The monoisotopic (exact) mass is 369 g/mol. The van der Waals surface area contributed by atoms with Crippen molar-refractivity contribution < 1.29 is 9.59 Å². The van der Waals surface area contributed by atoms with E-state index < -0.39 is 0 Å². The molecule has 5 heteroatoms. The van der Waals surface area contributed by atoms with Crippen molar-refractivity contribution in [3.05, 3.63) is 35.4 Å². The van der Waals surface area contributed by atoms with Gasteiger partial charge in [0, 0.05) is 31.7 Å². The summed E-state index contributed by atoms with van der Waals surface area (Å²) in [6.45, 7) is 5.27. The number of hydrogen-bond acceptors (Lipinski definition) is 3. The minimum Gasteiger partial charge on any atom is -0.350 e. The van der Waals surface area contributed by atoms with Crippen LogP contribution in [0.5, 0.6) is 0 Å². The molecule has 0 bridgehead atoms. The van der Waals surface area contributed by atoms with Crippen molar-refractivity contribution in [2.75, 3.05) is 26.2 Å². The summed E-state index contributed by atoms with van der Waals surface area (Å²) in [4.78, 5) is 27.6. The van der Waals surface area contributed by atoms with E-state index in [0.29, 0.717) is 19.5 Å². The number of carbonyl (C=O) groups excluding carboxylic acids is 2. The maximum atomic E-state index is 12.9. The van der Waals surface area contributed by atoms with Gasteiger partial charge in [-0.25, -0.2) is 0 Å².